The summed E-state index contributed by atoms with van der Waals surface area (Å²) in [6.45, 7) is 0. The van der Waals surface area contributed by atoms with E-state index in [2.05, 4.69) is 30.3 Å². The predicted octanol–water partition coefficient (Wildman–Crippen LogP) is 2.68. The van der Waals surface area contributed by atoms with Gasteiger partial charge in [0.1, 0.15) is 0 Å². The molecular weight excluding hydrogens is 289 g/mol. The minimum absolute atomic E-state index is 0.491. The maximum absolute atomic E-state index is 5.40. The second-order valence-electron chi connectivity index (χ2n) is 4.37. The number of furan rings is 1. The van der Waals surface area contributed by atoms with Crippen molar-refractivity contribution in [2.75, 3.05) is 0 Å². The van der Waals surface area contributed by atoms with E-state index >= 15 is 0 Å². The van der Waals surface area contributed by atoms with Crippen molar-refractivity contribution in [1.82, 2.24) is 0 Å². The van der Waals surface area contributed by atoms with Crippen LogP contribution in [-0.2, 0) is 0 Å². The molecular formula is C15H15NOSe. The van der Waals surface area contributed by atoms with E-state index in [0.29, 0.717) is 21.0 Å². The predicted molar refractivity (Wildman–Crippen MR) is 74.9 cm³/mol. The Morgan fingerprint density at radius 3 is 2.83 bits per heavy atom. The molecule has 0 aliphatic carbocycles. The van der Waals surface area contributed by atoms with E-state index in [-0.39, 0.29) is 0 Å². The first-order chi connectivity index (χ1) is 8.92. The van der Waals surface area contributed by atoms with Gasteiger partial charge in [-0.15, -0.1) is 0 Å². The molecule has 18 heavy (non-hydrogen) atoms. The fourth-order valence-corrected chi connectivity index (χ4v) is 4.16. The van der Waals surface area contributed by atoms with E-state index in [1.165, 1.54) is 16.2 Å². The van der Waals surface area contributed by atoms with Gasteiger partial charge >= 0.3 is 113 Å². The van der Waals surface area contributed by atoms with E-state index in [0.717, 1.165) is 17.9 Å². The van der Waals surface area contributed by atoms with Gasteiger partial charge < -0.3 is 0 Å². The van der Waals surface area contributed by atoms with Crippen LogP contribution < -0.4 is 4.46 Å². The Bertz CT molecular complexity index is 519. The van der Waals surface area contributed by atoms with Crippen LogP contribution in [0.2, 0.25) is 5.32 Å². The van der Waals surface area contributed by atoms with E-state index < -0.39 is 0 Å². The summed E-state index contributed by atoms with van der Waals surface area (Å²) in [5.74, 6) is 0.949. The first-order valence-corrected chi connectivity index (χ1v) is 8.27. The van der Waals surface area contributed by atoms with Gasteiger partial charge in [-0.25, -0.2) is 0 Å². The normalized spacial score (nSPS) is 18.9. The van der Waals surface area contributed by atoms with Gasteiger partial charge in [0.25, 0.3) is 0 Å². The molecule has 0 radical (unpaired) electrons. The number of aliphatic imine (C=N–C) groups is 1. The van der Waals surface area contributed by atoms with E-state index in [4.69, 9.17) is 9.41 Å². The Balaban J connectivity index is 1.59. The zero-order chi connectivity index (χ0) is 12.2. The number of hydrogen-bond acceptors (Lipinski definition) is 2. The van der Waals surface area contributed by atoms with Crippen molar-refractivity contribution in [3.63, 3.8) is 0 Å². The Kier molecular flexibility index (Phi) is 3.63. The van der Waals surface area contributed by atoms with Gasteiger partial charge in [0.05, 0.1) is 0 Å². The van der Waals surface area contributed by atoms with Crippen LogP contribution in [0.25, 0.3) is 0 Å². The Morgan fingerprint density at radius 1 is 1.17 bits per heavy atom. The molecule has 0 amide bonds. The molecule has 3 heteroatoms. The maximum atomic E-state index is 5.40. The molecule has 0 spiro atoms. The molecule has 1 aliphatic rings. The van der Waals surface area contributed by atoms with Crippen LogP contribution in [0.15, 0.2) is 58.1 Å². The van der Waals surface area contributed by atoms with Crippen molar-refractivity contribution in [2.45, 2.75) is 24.2 Å². The van der Waals surface area contributed by atoms with Gasteiger partial charge in [0.2, 0.25) is 0 Å². The quantitative estimate of drug-likeness (QED) is 0.797. The zero-order valence-corrected chi connectivity index (χ0v) is 11.8. The Morgan fingerprint density at radius 2 is 2.06 bits per heavy atom. The van der Waals surface area contributed by atoms with Crippen LogP contribution in [0.4, 0.5) is 0 Å². The van der Waals surface area contributed by atoms with Crippen LogP contribution in [0.1, 0.15) is 18.6 Å². The van der Waals surface area contributed by atoms with Crippen molar-refractivity contribution in [3.8, 4) is 0 Å². The number of nitrogens with zero attached hydrogens (tertiary/aromatic N) is 1. The summed E-state index contributed by atoms with van der Waals surface area (Å²) >= 11 is 0.536. The summed E-state index contributed by atoms with van der Waals surface area (Å²) in [4.78, 5) is 4.78. The van der Waals surface area contributed by atoms with Crippen molar-refractivity contribution in [1.29, 1.82) is 0 Å². The summed E-state index contributed by atoms with van der Waals surface area (Å²) in [6.07, 6.45) is 3.95. The van der Waals surface area contributed by atoms with Crippen LogP contribution in [0.5, 0.6) is 0 Å². The van der Waals surface area contributed by atoms with E-state index in [1.54, 1.807) is 6.26 Å². The molecule has 1 aliphatic heterocycles. The Labute approximate surface area is 113 Å². The third kappa shape index (κ3) is 2.74. The molecule has 0 saturated carbocycles. The monoisotopic (exact) mass is 305 g/mol. The third-order valence-corrected chi connectivity index (χ3v) is 5.47. The summed E-state index contributed by atoms with van der Waals surface area (Å²) in [5.41, 5.74) is 1.15. The molecule has 1 atom stereocenters. The SMILES string of the molecule is c1ccc([Se]CC2CCC(c3ccco3)=N2)cc1. The van der Waals surface area contributed by atoms with E-state index in [1.807, 2.05) is 12.1 Å². The van der Waals surface area contributed by atoms with Crippen LogP contribution >= 0.6 is 0 Å². The molecule has 3 rings (SSSR count). The molecule has 2 heterocycles. The second-order valence-corrected chi connectivity index (χ2v) is 6.66. The van der Waals surface area contributed by atoms with Crippen molar-refractivity contribution in [3.05, 3.63) is 54.5 Å². The van der Waals surface area contributed by atoms with Gasteiger partial charge in [-0.2, -0.15) is 0 Å². The van der Waals surface area contributed by atoms with Gasteiger partial charge in [-0.1, -0.05) is 0 Å². The van der Waals surface area contributed by atoms with Crippen LogP contribution in [-0.4, -0.2) is 26.7 Å². The molecule has 0 N–H and O–H groups in total. The van der Waals surface area contributed by atoms with Gasteiger partial charge in [0, 0.05) is 0 Å². The molecule has 0 saturated heterocycles. The average molecular weight is 304 g/mol. The number of hydrogen-bond donors (Lipinski definition) is 0. The fourth-order valence-electron chi connectivity index (χ4n) is 2.11. The first-order valence-electron chi connectivity index (χ1n) is 6.20. The molecule has 1 unspecified atom stereocenters. The van der Waals surface area contributed by atoms with Crippen LogP contribution in [0, 0.1) is 0 Å². The van der Waals surface area contributed by atoms with Crippen molar-refractivity contribution < 1.29 is 4.42 Å². The molecule has 1 aromatic heterocycles. The molecule has 0 fully saturated rings. The van der Waals surface area contributed by atoms with Crippen LogP contribution in [0.3, 0.4) is 0 Å². The zero-order valence-electron chi connectivity index (χ0n) is 10.1. The van der Waals surface area contributed by atoms with Gasteiger partial charge in [-0.3, -0.25) is 0 Å². The van der Waals surface area contributed by atoms with Crippen molar-refractivity contribution >= 4 is 25.1 Å². The summed E-state index contributed by atoms with van der Waals surface area (Å²) in [7, 11) is 0. The summed E-state index contributed by atoms with van der Waals surface area (Å²) < 4.78 is 6.87. The van der Waals surface area contributed by atoms with Crippen molar-refractivity contribution in [2.24, 2.45) is 4.99 Å². The third-order valence-electron chi connectivity index (χ3n) is 3.04. The molecule has 92 valence electrons. The van der Waals surface area contributed by atoms with E-state index in [9.17, 15) is 0 Å². The minimum atomic E-state index is 0.491. The second kappa shape index (κ2) is 5.55. The van der Waals surface area contributed by atoms with Gasteiger partial charge in [-0.05, 0) is 0 Å². The molecule has 0 bridgehead atoms. The number of rotatable bonds is 4. The average Bonchev–Trinajstić information content (AvgIpc) is 3.08. The summed E-state index contributed by atoms with van der Waals surface area (Å²) in [6, 6.07) is 15.2. The van der Waals surface area contributed by atoms with Gasteiger partial charge in [0.15, 0.2) is 0 Å². The summed E-state index contributed by atoms with van der Waals surface area (Å²) in [5, 5.41) is 1.20. The molecule has 2 aromatic rings. The molecule has 1 aromatic carbocycles. The molecule has 2 nitrogen and oxygen atoms in total. The number of benzene rings is 1. The standard InChI is InChI=1S/C15H15NOSe/c1-2-5-13(6-3-1)18-11-12-8-9-14(16-12)15-7-4-10-17-15/h1-7,10,12H,8-9,11H2. The topological polar surface area (TPSA) is 25.5 Å². The first kappa shape index (κ1) is 11.8. The Hall–Kier alpha value is -1.31. The fraction of sp³-hybridized carbons (Fsp3) is 0.267.